The highest BCUT2D eigenvalue weighted by Crippen LogP contribution is 2.43. The summed E-state index contributed by atoms with van der Waals surface area (Å²) in [5.41, 5.74) is 12.3. The molecule has 8 aromatic carbocycles. The van der Waals surface area contributed by atoms with Crippen LogP contribution in [0.25, 0.3) is 110 Å². The summed E-state index contributed by atoms with van der Waals surface area (Å²) in [6.07, 6.45) is 0. The summed E-state index contributed by atoms with van der Waals surface area (Å²) in [6, 6.07) is 59.4. The molecule has 0 aliphatic heterocycles. The molecular formula is C49H27N3O2. The maximum Gasteiger partial charge on any atom is 0.137 e. The molecule has 0 fully saturated rings. The number of benzene rings is 8. The third-order valence-corrected chi connectivity index (χ3v) is 11.1. The molecule has 12 rings (SSSR count). The number of furan rings is 2. The Hall–Kier alpha value is -7.55. The van der Waals surface area contributed by atoms with Gasteiger partial charge in [0.15, 0.2) is 0 Å². The van der Waals surface area contributed by atoms with Gasteiger partial charge < -0.3 is 18.0 Å². The molecule has 0 saturated heterocycles. The second-order valence-corrected chi connectivity index (χ2v) is 14.0. The molecule has 0 spiro atoms. The predicted molar refractivity (Wildman–Crippen MR) is 220 cm³/mol. The molecule has 0 bridgehead atoms. The predicted octanol–water partition coefficient (Wildman–Crippen LogP) is 13.2. The largest absolute Gasteiger partial charge is 0.456 e. The SMILES string of the molecule is N#Cc1cc(-c2cccc(-n3c4ccccc4c4ccc5oc6ccccc6c5c43)c2)cc(-n2c3ccccc3c3ccc4oc5ccccc5c4c32)c1. The van der Waals surface area contributed by atoms with Gasteiger partial charge in [0.05, 0.1) is 44.5 Å². The van der Waals surface area contributed by atoms with E-state index < -0.39 is 0 Å². The lowest BCUT2D eigenvalue weighted by atomic mass is 10.0. The van der Waals surface area contributed by atoms with E-state index in [0.29, 0.717) is 5.56 Å². The van der Waals surface area contributed by atoms with Crippen LogP contribution in [0.3, 0.4) is 0 Å². The van der Waals surface area contributed by atoms with Crippen LogP contribution < -0.4 is 0 Å². The summed E-state index contributed by atoms with van der Waals surface area (Å²) >= 11 is 0. The fraction of sp³-hybridized carbons (Fsp3) is 0. The highest BCUT2D eigenvalue weighted by molar-refractivity contribution is 6.25. The lowest BCUT2D eigenvalue weighted by Gasteiger charge is -2.14. The van der Waals surface area contributed by atoms with Gasteiger partial charge in [-0.1, -0.05) is 84.9 Å². The molecule has 250 valence electrons. The lowest BCUT2D eigenvalue weighted by molar-refractivity contribution is 0.669. The minimum Gasteiger partial charge on any atom is -0.456 e. The highest BCUT2D eigenvalue weighted by Gasteiger charge is 2.21. The minimum absolute atomic E-state index is 0.589. The summed E-state index contributed by atoms with van der Waals surface area (Å²) in [6.45, 7) is 0. The molecule has 0 aliphatic carbocycles. The number of nitriles is 1. The molecule has 0 saturated carbocycles. The molecule has 0 unspecified atom stereocenters. The van der Waals surface area contributed by atoms with Crippen molar-refractivity contribution in [2.45, 2.75) is 0 Å². The van der Waals surface area contributed by atoms with E-state index in [2.05, 4.69) is 143 Å². The van der Waals surface area contributed by atoms with E-state index in [1.54, 1.807) is 0 Å². The van der Waals surface area contributed by atoms with Crippen LogP contribution in [-0.2, 0) is 0 Å². The quantitative estimate of drug-likeness (QED) is 0.185. The van der Waals surface area contributed by atoms with E-state index in [1.165, 1.54) is 10.8 Å². The Bertz CT molecular complexity index is 3590. The number of hydrogen-bond donors (Lipinski definition) is 0. The molecule has 5 nitrogen and oxygen atoms in total. The van der Waals surface area contributed by atoms with E-state index in [-0.39, 0.29) is 0 Å². The van der Waals surface area contributed by atoms with Gasteiger partial charge in [-0.3, -0.25) is 0 Å². The van der Waals surface area contributed by atoms with E-state index in [4.69, 9.17) is 8.83 Å². The standard InChI is InChI=1S/C49H27N3O2/c50-28-29-24-31(27-33(25-29)52-41-17-6-2-13-35(41)37-21-23-45-47(49(37)52)39-15-4-8-19-43(39)54-45)30-10-9-11-32(26-30)51-40-16-5-1-12-34(40)36-20-22-44-46(48(36)51)38-14-3-7-18-42(38)53-44/h1-27H. The Morgan fingerprint density at radius 3 is 1.50 bits per heavy atom. The Morgan fingerprint density at radius 1 is 0.389 bits per heavy atom. The number of fused-ring (bicyclic) bond motifs is 14. The van der Waals surface area contributed by atoms with Gasteiger partial charge in [0.1, 0.15) is 22.3 Å². The van der Waals surface area contributed by atoms with Gasteiger partial charge in [-0.15, -0.1) is 0 Å². The molecule has 0 N–H and O–H groups in total. The second-order valence-electron chi connectivity index (χ2n) is 14.0. The molecule has 54 heavy (non-hydrogen) atoms. The third-order valence-electron chi connectivity index (χ3n) is 11.1. The molecule has 12 aromatic rings. The van der Waals surface area contributed by atoms with E-state index in [1.807, 2.05) is 36.4 Å². The van der Waals surface area contributed by atoms with Crippen molar-refractivity contribution in [3.63, 3.8) is 0 Å². The maximum atomic E-state index is 10.5. The minimum atomic E-state index is 0.589. The van der Waals surface area contributed by atoms with Crippen molar-refractivity contribution in [1.82, 2.24) is 9.13 Å². The van der Waals surface area contributed by atoms with Crippen molar-refractivity contribution >= 4 is 87.5 Å². The summed E-state index contributed by atoms with van der Waals surface area (Å²) in [5.74, 6) is 0. The lowest BCUT2D eigenvalue weighted by Crippen LogP contribution is -1.97. The molecule has 4 aromatic heterocycles. The monoisotopic (exact) mass is 689 g/mol. The molecule has 0 aliphatic rings. The first-order chi connectivity index (χ1) is 26.7. The fourth-order valence-electron chi connectivity index (χ4n) is 8.86. The van der Waals surface area contributed by atoms with E-state index in [0.717, 1.165) is 99.2 Å². The second kappa shape index (κ2) is 10.7. The average Bonchev–Trinajstić information content (AvgIpc) is 3.98. The number of nitrogens with zero attached hydrogens (tertiary/aromatic N) is 3. The third kappa shape index (κ3) is 3.91. The van der Waals surface area contributed by atoms with Gasteiger partial charge in [0.25, 0.3) is 0 Å². The van der Waals surface area contributed by atoms with Gasteiger partial charge >= 0.3 is 0 Å². The number of rotatable bonds is 3. The average molecular weight is 690 g/mol. The van der Waals surface area contributed by atoms with Crippen LogP contribution in [0.2, 0.25) is 0 Å². The van der Waals surface area contributed by atoms with Crippen LogP contribution >= 0.6 is 0 Å². The van der Waals surface area contributed by atoms with Gasteiger partial charge in [0, 0.05) is 43.7 Å². The normalized spacial score (nSPS) is 12.1. The first kappa shape index (κ1) is 29.1. The Kier molecular flexibility index (Phi) is 5.78. The zero-order chi connectivity index (χ0) is 35.5. The van der Waals surface area contributed by atoms with Crippen molar-refractivity contribution in [3.05, 3.63) is 169 Å². The van der Waals surface area contributed by atoms with Crippen molar-refractivity contribution in [2.75, 3.05) is 0 Å². The van der Waals surface area contributed by atoms with E-state index >= 15 is 0 Å². The van der Waals surface area contributed by atoms with Crippen molar-refractivity contribution in [2.24, 2.45) is 0 Å². The Morgan fingerprint density at radius 2 is 0.907 bits per heavy atom. The van der Waals surface area contributed by atoms with Gasteiger partial charge in [-0.2, -0.15) is 5.26 Å². The Balaban J connectivity index is 1.13. The van der Waals surface area contributed by atoms with Crippen LogP contribution in [0.15, 0.2) is 173 Å². The topological polar surface area (TPSA) is 59.9 Å². The fourth-order valence-corrected chi connectivity index (χ4v) is 8.86. The summed E-state index contributed by atoms with van der Waals surface area (Å²) in [5, 5.41) is 19.4. The number of aromatic nitrogens is 2. The van der Waals surface area contributed by atoms with Crippen LogP contribution in [0, 0.1) is 11.3 Å². The van der Waals surface area contributed by atoms with Crippen molar-refractivity contribution in [3.8, 4) is 28.6 Å². The maximum absolute atomic E-state index is 10.5. The van der Waals surface area contributed by atoms with Crippen LogP contribution in [-0.4, -0.2) is 9.13 Å². The van der Waals surface area contributed by atoms with E-state index in [9.17, 15) is 5.26 Å². The summed E-state index contributed by atoms with van der Waals surface area (Å²) in [4.78, 5) is 0. The molecule has 0 radical (unpaired) electrons. The zero-order valence-corrected chi connectivity index (χ0v) is 28.7. The molecular weight excluding hydrogens is 663 g/mol. The smallest absolute Gasteiger partial charge is 0.137 e. The summed E-state index contributed by atoms with van der Waals surface area (Å²) in [7, 11) is 0. The number of hydrogen-bond acceptors (Lipinski definition) is 3. The van der Waals surface area contributed by atoms with Crippen molar-refractivity contribution < 1.29 is 8.83 Å². The first-order valence-corrected chi connectivity index (χ1v) is 18.1. The first-order valence-electron chi connectivity index (χ1n) is 18.1. The summed E-state index contributed by atoms with van der Waals surface area (Å²) < 4.78 is 17.4. The van der Waals surface area contributed by atoms with Gasteiger partial charge in [0.2, 0.25) is 0 Å². The molecule has 0 atom stereocenters. The van der Waals surface area contributed by atoms with Gasteiger partial charge in [-0.05, 0) is 90.0 Å². The highest BCUT2D eigenvalue weighted by atomic mass is 16.3. The van der Waals surface area contributed by atoms with Gasteiger partial charge in [-0.25, -0.2) is 0 Å². The number of para-hydroxylation sites is 4. The van der Waals surface area contributed by atoms with Crippen LogP contribution in [0.1, 0.15) is 5.56 Å². The van der Waals surface area contributed by atoms with Crippen LogP contribution in [0.4, 0.5) is 0 Å². The van der Waals surface area contributed by atoms with Crippen molar-refractivity contribution in [1.29, 1.82) is 5.26 Å². The zero-order valence-electron chi connectivity index (χ0n) is 28.7. The Labute approximate surface area is 307 Å². The molecule has 4 heterocycles. The van der Waals surface area contributed by atoms with Crippen LogP contribution in [0.5, 0.6) is 0 Å². The molecule has 5 heteroatoms. The molecule has 0 amide bonds.